The van der Waals surface area contributed by atoms with Crippen LogP contribution < -0.4 is 5.32 Å². The highest BCUT2D eigenvalue weighted by atomic mass is 16.6. The minimum atomic E-state index is -0.507. The lowest BCUT2D eigenvalue weighted by atomic mass is 9.95. The molecule has 0 bridgehead atoms. The van der Waals surface area contributed by atoms with Gasteiger partial charge >= 0.3 is 5.97 Å². The third kappa shape index (κ3) is 6.30. The lowest BCUT2D eigenvalue weighted by Crippen LogP contribution is -2.32. The Hall–Kier alpha value is -2.91. The van der Waals surface area contributed by atoms with Crippen molar-refractivity contribution < 1.29 is 9.53 Å². The molecule has 156 valence electrons. The summed E-state index contributed by atoms with van der Waals surface area (Å²) in [6, 6.07) is 28.8. The van der Waals surface area contributed by atoms with Crippen molar-refractivity contribution in [3.63, 3.8) is 0 Å². The van der Waals surface area contributed by atoms with Crippen molar-refractivity contribution in [2.75, 3.05) is 0 Å². The first kappa shape index (κ1) is 21.8. The predicted octanol–water partition coefficient (Wildman–Crippen LogP) is 6.15. The molecule has 0 spiro atoms. The number of hydrogen-bond acceptors (Lipinski definition) is 3. The van der Waals surface area contributed by atoms with E-state index in [4.69, 9.17) is 4.74 Å². The Kier molecular flexibility index (Phi) is 7.07. The Bertz CT molecular complexity index is 889. The molecule has 1 atom stereocenters. The highest BCUT2D eigenvalue weighted by Gasteiger charge is 2.25. The van der Waals surface area contributed by atoms with E-state index in [1.54, 1.807) is 0 Å². The molecule has 3 heteroatoms. The summed E-state index contributed by atoms with van der Waals surface area (Å²) in [4.78, 5) is 12.7. The van der Waals surface area contributed by atoms with E-state index in [1.165, 1.54) is 5.56 Å². The highest BCUT2D eigenvalue weighted by Crippen LogP contribution is 2.28. The van der Waals surface area contributed by atoms with Crippen LogP contribution in [0.15, 0.2) is 84.9 Å². The molecule has 0 aliphatic carbocycles. The molecular formula is C27H31NO2. The van der Waals surface area contributed by atoms with Crippen LogP contribution in [0.1, 0.15) is 61.5 Å². The zero-order chi connectivity index (χ0) is 21.6. The van der Waals surface area contributed by atoms with E-state index in [0.717, 1.165) is 16.7 Å². The van der Waals surface area contributed by atoms with Gasteiger partial charge in [-0.2, -0.15) is 0 Å². The topological polar surface area (TPSA) is 38.3 Å². The number of esters is 1. The summed E-state index contributed by atoms with van der Waals surface area (Å²) in [5, 5.41) is 3.74. The lowest BCUT2D eigenvalue weighted by Gasteiger charge is -2.28. The van der Waals surface area contributed by atoms with E-state index in [-0.39, 0.29) is 24.5 Å². The highest BCUT2D eigenvalue weighted by molar-refractivity contribution is 5.71. The Morgan fingerprint density at radius 1 is 0.800 bits per heavy atom. The van der Waals surface area contributed by atoms with Crippen LogP contribution >= 0.6 is 0 Å². The molecule has 3 rings (SSSR count). The molecule has 0 aliphatic rings. The molecule has 0 saturated heterocycles. The SMILES string of the molecule is Cc1ccc([C@@H](CC(=O)OC(C)(C)C)NC(c2ccccc2)c2ccccc2)cc1. The first-order valence-corrected chi connectivity index (χ1v) is 10.5. The fourth-order valence-corrected chi connectivity index (χ4v) is 3.50. The van der Waals surface area contributed by atoms with Gasteiger partial charge < -0.3 is 4.74 Å². The number of carbonyl (C=O) groups is 1. The number of ether oxygens (including phenoxy) is 1. The maximum atomic E-state index is 12.7. The lowest BCUT2D eigenvalue weighted by molar-refractivity contribution is -0.155. The first-order valence-electron chi connectivity index (χ1n) is 10.5. The van der Waals surface area contributed by atoms with Crippen molar-refractivity contribution >= 4 is 5.97 Å². The van der Waals surface area contributed by atoms with E-state index in [9.17, 15) is 4.79 Å². The molecule has 0 unspecified atom stereocenters. The molecule has 3 nitrogen and oxygen atoms in total. The smallest absolute Gasteiger partial charge is 0.308 e. The molecule has 0 saturated carbocycles. The maximum Gasteiger partial charge on any atom is 0.308 e. The second-order valence-corrected chi connectivity index (χ2v) is 8.67. The summed E-state index contributed by atoms with van der Waals surface area (Å²) in [6.07, 6.45) is 0.260. The summed E-state index contributed by atoms with van der Waals surface area (Å²) >= 11 is 0. The average molecular weight is 402 g/mol. The van der Waals surface area contributed by atoms with Gasteiger partial charge in [-0.3, -0.25) is 10.1 Å². The van der Waals surface area contributed by atoms with Gasteiger partial charge in [-0.15, -0.1) is 0 Å². The van der Waals surface area contributed by atoms with Crippen LogP contribution in [0.5, 0.6) is 0 Å². The summed E-state index contributed by atoms with van der Waals surface area (Å²) < 4.78 is 5.63. The Labute approximate surface area is 180 Å². The van der Waals surface area contributed by atoms with Gasteiger partial charge in [0.1, 0.15) is 5.60 Å². The molecular weight excluding hydrogens is 370 g/mol. The number of aryl methyl sites for hydroxylation is 1. The van der Waals surface area contributed by atoms with Crippen molar-refractivity contribution in [3.8, 4) is 0 Å². The van der Waals surface area contributed by atoms with Gasteiger partial charge in [0, 0.05) is 6.04 Å². The van der Waals surface area contributed by atoms with Crippen molar-refractivity contribution in [1.29, 1.82) is 0 Å². The van der Waals surface area contributed by atoms with Crippen LogP contribution in [0.3, 0.4) is 0 Å². The van der Waals surface area contributed by atoms with E-state index in [1.807, 2.05) is 57.2 Å². The summed E-state index contributed by atoms with van der Waals surface area (Å²) in [5.74, 6) is -0.208. The average Bonchev–Trinajstić information content (AvgIpc) is 2.71. The van der Waals surface area contributed by atoms with Crippen LogP contribution in [0.4, 0.5) is 0 Å². The molecule has 0 fully saturated rings. The molecule has 1 N–H and O–H groups in total. The number of carbonyl (C=O) groups excluding carboxylic acids is 1. The fraction of sp³-hybridized carbons (Fsp3) is 0.296. The molecule has 0 aliphatic heterocycles. The second kappa shape index (κ2) is 9.73. The zero-order valence-electron chi connectivity index (χ0n) is 18.3. The minimum Gasteiger partial charge on any atom is -0.460 e. The van der Waals surface area contributed by atoms with Gasteiger partial charge in [-0.1, -0.05) is 90.5 Å². The monoisotopic (exact) mass is 401 g/mol. The normalized spacial score (nSPS) is 12.6. The van der Waals surface area contributed by atoms with E-state index >= 15 is 0 Å². The van der Waals surface area contributed by atoms with E-state index in [2.05, 4.69) is 60.8 Å². The van der Waals surface area contributed by atoms with Crippen LogP contribution in [0, 0.1) is 6.92 Å². The summed E-state index contributed by atoms with van der Waals surface area (Å²) in [7, 11) is 0. The molecule has 3 aromatic carbocycles. The van der Waals surface area contributed by atoms with Gasteiger partial charge in [0.05, 0.1) is 12.5 Å². The third-order valence-corrected chi connectivity index (χ3v) is 4.90. The van der Waals surface area contributed by atoms with Crippen molar-refractivity contribution in [3.05, 3.63) is 107 Å². The van der Waals surface area contributed by atoms with Crippen molar-refractivity contribution in [2.24, 2.45) is 0 Å². The molecule has 0 heterocycles. The van der Waals surface area contributed by atoms with Crippen molar-refractivity contribution in [1.82, 2.24) is 5.32 Å². The Morgan fingerprint density at radius 2 is 1.30 bits per heavy atom. The standard InChI is InChI=1S/C27H31NO2/c1-20-15-17-21(18-16-20)24(19-25(29)30-27(2,3)4)28-26(22-11-7-5-8-12-22)23-13-9-6-10-14-23/h5-18,24,26,28H,19H2,1-4H3/t24-/m1/s1. The number of nitrogens with one attached hydrogen (secondary N) is 1. The van der Waals surface area contributed by atoms with Gasteiger partial charge in [0.2, 0.25) is 0 Å². The van der Waals surface area contributed by atoms with Gasteiger partial charge in [-0.25, -0.2) is 0 Å². The Morgan fingerprint density at radius 3 is 1.77 bits per heavy atom. The summed E-state index contributed by atoms with van der Waals surface area (Å²) in [5.41, 5.74) is 4.07. The number of rotatable bonds is 7. The minimum absolute atomic E-state index is 0.0406. The van der Waals surface area contributed by atoms with Crippen LogP contribution in [-0.4, -0.2) is 11.6 Å². The van der Waals surface area contributed by atoms with Gasteiger partial charge in [0.15, 0.2) is 0 Å². The van der Waals surface area contributed by atoms with E-state index < -0.39 is 5.60 Å². The zero-order valence-corrected chi connectivity index (χ0v) is 18.3. The number of benzene rings is 3. The number of hydrogen-bond donors (Lipinski definition) is 1. The molecule has 0 radical (unpaired) electrons. The largest absolute Gasteiger partial charge is 0.460 e. The summed E-state index contributed by atoms with van der Waals surface area (Å²) in [6.45, 7) is 7.76. The third-order valence-electron chi connectivity index (χ3n) is 4.90. The van der Waals surface area contributed by atoms with E-state index in [0.29, 0.717) is 0 Å². The Balaban J connectivity index is 1.94. The maximum absolute atomic E-state index is 12.7. The molecule has 30 heavy (non-hydrogen) atoms. The molecule has 0 amide bonds. The predicted molar refractivity (Wildman–Crippen MR) is 122 cm³/mol. The van der Waals surface area contributed by atoms with Crippen LogP contribution in [-0.2, 0) is 9.53 Å². The van der Waals surface area contributed by atoms with Crippen LogP contribution in [0.2, 0.25) is 0 Å². The second-order valence-electron chi connectivity index (χ2n) is 8.67. The molecule has 0 aromatic heterocycles. The fourth-order valence-electron chi connectivity index (χ4n) is 3.50. The van der Waals surface area contributed by atoms with Gasteiger partial charge in [0.25, 0.3) is 0 Å². The molecule has 3 aromatic rings. The quantitative estimate of drug-likeness (QED) is 0.483. The first-order chi connectivity index (χ1) is 14.3. The van der Waals surface area contributed by atoms with Gasteiger partial charge in [-0.05, 0) is 44.4 Å². The van der Waals surface area contributed by atoms with Crippen molar-refractivity contribution in [2.45, 2.75) is 51.8 Å². The van der Waals surface area contributed by atoms with Crippen LogP contribution in [0.25, 0.3) is 0 Å².